The average Bonchev–Trinajstić information content (AvgIpc) is 2.39. The summed E-state index contributed by atoms with van der Waals surface area (Å²) in [5.41, 5.74) is 1.11. The van der Waals surface area contributed by atoms with E-state index >= 15 is 0 Å². The van der Waals surface area contributed by atoms with Crippen LogP contribution in [0.1, 0.15) is 10.4 Å². The Kier molecular flexibility index (Phi) is 2.95. The summed E-state index contributed by atoms with van der Waals surface area (Å²) in [4.78, 5) is 14.9. The lowest BCUT2D eigenvalue weighted by atomic mass is 10.1. The highest BCUT2D eigenvalue weighted by Crippen LogP contribution is 2.21. The molecule has 0 fully saturated rings. The van der Waals surface area contributed by atoms with Gasteiger partial charge in [0.2, 0.25) is 5.88 Å². The molecule has 2 heterocycles. The fourth-order valence-electron chi connectivity index (χ4n) is 1.34. The molecule has 0 aromatic carbocycles. The number of carboxylic acid groups (broad SMARTS) is 1. The molecule has 1 N–H and O–H groups in total. The van der Waals surface area contributed by atoms with Gasteiger partial charge >= 0.3 is 5.97 Å². The molecule has 0 aliphatic heterocycles. The van der Waals surface area contributed by atoms with Crippen LogP contribution in [0.5, 0.6) is 5.88 Å². The molecular formula is C11H9N3O3. The minimum Gasteiger partial charge on any atom is -0.479 e. The normalized spacial score (nSPS) is 9.94. The number of nitrogens with zero attached hydrogens (tertiary/aromatic N) is 3. The maximum absolute atomic E-state index is 11.0. The number of methoxy groups -OCH3 is 1. The molecule has 2 rings (SSSR count). The molecule has 0 saturated heterocycles. The third-order valence-electron chi connectivity index (χ3n) is 2.14. The topological polar surface area (TPSA) is 85.2 Å². The van der Waals surface area contributed by atoms with E-state index in [1.807, 2.05) is 0 Å². The first-order valence-electron chi connectivity index (χ1n) is 4.78. The summed E-state index contributed by atoms with van der Waals surface area (Å²) in [5.74, 6) is -1.12. The van der Waals surface area contributed by atoms with Crippen molar-refractivity contribution in [3.05, 3.63) is 36.2 Å². The summed E-state index contributed by atoms with van der Waals surface area (Å²) in [6.07, 6.45) is 3.21. The molecule has 0 aliphatic carbocycles. The van der Waals surface area contributed by atoms with Crippen LogP contribution in [0.25, 0.3) is 11.3 Å². The second-order valence-corrected chi connectivity index (χ2v) is 3.20. The number of aromatic carboxylic acids is 1. The number of hydrogen-bond acceptors (Lipinski definition) is 5. The summed E-state index contributed by atoms with van der Waals surface area (Å²) in [6, 6.07) is 4.92. The van der Waals surface area contributed by atoms with E-state index < -0.39 is 5.97 Å². The van der Waals surface area contributed by atoms with Gasteiger partial charge in [0.25, 0.3) is 0 Å². The Hall–Kier alpha value is -2.50. The van der Waals surface area contributed by atoms with E-state index in [2.05, 4.69) is 15.2 Å². The van der Waals surface area contributed by atoms with Gasteiger partial charge in [0.15, 0.2) is 0 Å². The van der Waals surface area contributed by atoms with E-state index in [9.17, 15) is 4.79 Å². The highest BCUT2D eigenvalue weighted by molar-refractivity contribution is 5.91. The fraction of sp³-hybridized carbons (Fsp3) is 0.0909. The lowest BCUT2D eigenvalue weighted by molar-refractivity contribution is 0.0692. The van der Waals surface area contributed by atoms with Gasteiger partial charge in [0, 0.05) is 18.0 Å². The maximum Gasteiger partial charge on any atom is 0.341 e. The Labute approximate surface area is 96.9 Å². The molecule has 0 aliphatic rings. The second kappa shape index (κ2) is 4.56. The molecule has 0 saturated carbocycles. The first-order valence-corrected chi connectivity index (χ1v) is 4.78. The Balaban J connectivity index is 2.51. The molecule has 2 aromatic heterocycles. The predicted octanol–water partition coefficient (Wildman–Crippen LogP) is 1.25. The minimum absolute atomic E-state index is 0.00913. The SMILES string of the molecule is COc1nnc(-c2cccnc2)cc1C(=O)O. The van der Waals surface area contributed by atoms with Crippen LogP contribution in [0.15, 0.2) is 30.6 Å². The number of carboxylic acids is 1. The van der Waals surface area contributed by atoms with Gasteiger partial charge in [-0.2, -0.15) is 0 Å². The molecule has 0 bridgehead atoms. The van der Waals surface area contributed by atoms with E-state index in [0.29, 0.717) is 11.3 Å². The number of ether oxygens (including phenoxy) is 1. The Bertz CT molecular complexity index is 543. The van der Waals surface area contributed by atoms with Crippen LogP contribution >= 0.6 is 0 Å². The smallest absolute Gasteiger partial charge is 0.341 e. The van der Waals surface area contributed by atoms with Gasteiger partial charge in [-0.3, -0.25) is 4.98 Å². The molecule has 0 spiro atoms. The standard InChI is InChI=1S/C11H9N3O3/c1-17-10-8(11(15)16)5-9(13-14-10)7-3-2-4-12-6-7/h2-6H,1H3,(H,15,16). The van der Waals surface area contributed by atoms with Crippen LogP contribution in [0.3, 0.4) is 0 Å². The van der Waals surface area contributed by atoms with Crippen LogP contribution in [-0.4, -0.2) is 33.4 Å². The van der Waals surface area contributed by atoms with Crippen molar-refractivity contribution < 1.29 is 14.6 Å². The maximum atomic E-state index is 11.0. The van der Waals surface area contributed by atoms with E-state index in [-0.39, 0.29) is 11.4 Å². The zero-order valence-electron chi connectivity index (χ0n) is 8.99. The summed E-state index contributed by atoms with van der Waals surface area (Å²) >= 11 is 0. The Morgan fingerprint density at radius 2 is 2.24 bits per heavy atom. The summed E-state index contributed by atoms with van der Waals surface area (Å²) in [6.45, 7) is 0. The molecule has 6 heteroatoms. The Morgan fingerprint density at radius 1 is 1.41 bits per heavy atom. The number of hydrogen-bond donors (Lipinski definition) is 1. The second-order valence-electron chi connectivity index (χ2n) is 3.20. The fourth-order valence-corrected chi connectivity index (χ4v) is 1.34. The van der Waals surface area contributed by atoms with Gasteiger partial charge < -0.3 is 9.84 Å². The lowest BCUT2D eigenvalue weighted by Crippen LogP contribution is -2.04. The van der Waals surface area contributed by atoms with Gasteiger partial charge in [-0.25, -0.2) is 4.79 Å². The quantitative estimate of drug-likeness (QED) is 0.855. The van der Waals surface area contributed by atoms with Crippen LogP contribution in [-0.2, 0) is 0 Å². The zero-order chi connectivity index (χ0) is 12.3. The highest BCUT2D eigenvalue weighted by Gasteiger charge is 2.15. The monoisotopic (exact) mass is 231 g/mol. The van der Waals surface area contributed by atoms with E-state index in [1.165, 1.54) is 13.2 Å². The molecule has 86 valence electrons. The van der Waals surface area contributed by atoms with Crippen molar-refractivity contribution in [2.75, 3.05) is 7.11 Å². The van der Waals surface area contributed by atoms with Crippen molar-refractivity contribution in [2.24, 2.45) is 0 Å². The molecule has 2 aromatic rings. The molecule has 0 atom stereocenters. The van der Waals surface area contributed by atoms with E-state index in [0.717, 1.165) is 0 Å². The Morgan fingerprint density at radius 3 is 2.82 bits per heavy atom. The van der Waals surface area contributed by atoms with Crippen LogP contribution in [0.4, 0.5) is 0 Å². The van der Waals surface area contributed by atoms with E-state index in [4.69, 9.17) is 9.84 Å². The van der Waals surface area contributed by atoms with Crippen LogP contribution in [0.2, 0.25) is 0 Å². The minimum atomic E-state index is -1.11. The third kappa shape index (κ3) is 2.20. The zero-order valence-corrected chi connectivity index (χ0v) is 8.99. The van der Waals surface area contributed by atoms with Crippen molar-refractivity contribution in [1.29, 1.82) is 0 Å². The van der Waals surface area contributed by atoms with Gasteiger partial charge in [0.05, 0.1) is 12.8 Å². The summed E-state index contributed by atoms with van der Waals surface area (Å²) < 4.78 is 4.83. The van der Waals surface area contributed by atoms with Crippen LogP contribution < -0.4 is 4.74 Å². The first-order chi connectivity index (χ1) is 8.22. The molecule has 0 amide bonds. The summed E-state index contributed by atoms with van der Waals surface area (Å²) in [7, 11) is 1.35. The van der Waals surface area contributed by atoms with Crippen molar-refractivity contribution >= 4 is 5.97 Å². The molecular weight excluding hydrogens is 222 g/mol. The third-order valence-corrected chi connectivity index (χ3v) is 2.14. The van der Waals surface area contributed by atoms with E-state index in [1.54, 1.807) is 24.5 Å². The number of aromatic nitrogens is 3. The number of pyridine rings is 1. The molecule has 0 unspecified atom stereocenters. The van der Waals surface area contributed by atoms with Crippen molar-refractivity contribution in [3.63, 3.8) is 0 Å². The average molecular weight is 231 g/mol. The van der Waals surface area contributed by atoms with Crippen molar-refractivity contribution in [2.45, 2.75) is 0 Å². The van der Waals surface area contributed by atoms with Crippen molar-refractivity contribution in [3.8, 4) is 17.1 Å². The van der Waals surface area contributed by atoms with Gasteiger partial charge in [-0.1, -0.05) is 0 Å². The van der Waals surface area contributed by atoms with Crippen molar-refractivity contribution in [1.82, 2.24) is 15.2 Å². The first kappa shape index (κ1) is 11.0. The molecule has 17 heavy (non-hydrogen) atoms. The van der Waals surface area contributed by atoms with Gasteiger partial charge in [-0.15, -0.1) is 10.2 Å². The van der Waals surface area contributed by atoms with Gasteiger partial charge in [0.1, 0.15) is 5.56 Å². The molecule has 0 radical (unpaired) electrons. The van der Waals surface area contributed by atoms with Crippen LogP contribution in [0, 0.1) is 0 Å². The number of carbonyl (C=O) groups is 1. The predicted molar refractivity (Wildman–Crippen MR) is 58.8 cm³/mol. The highest BCUT2D eigenvalue weighted by atomic mass is 16.5. The summed E-state index contributed by atoms with van der Waals surface area (Å²) in [5, 5.41) is 16.6. The largest absolute Gasteiger partial charge is 0.479 e. The lowest BCUT2D eigenvalue weighted by Gasteiger charge is -2.04. The van der Waals surface area contributed by atoms with Gasteiger partial charge in [-0.05, 0) is 18.2 Å². The molecule has 6 nitrogen and oxygen atoms in total. The number of rotatable bonds is 3.